The van der Waals surface area contributed by atoms with E-state index in [2.05, 4.69) is 27.5 Å². The number of hydrogen-bond acceptors (Lipinski definition) is 6. The van der Waals surface area contributed by atoms with Crippen LogP contribution in [0.15, 0.2) is 86.7 Å². The Bertz CT molecular complexity index is 1430. The zero-order chi connectivity index (χ0) is 24.2. The van der Waals surface area contributed by atoms with E-state index in [1.54, 1.807) is 24.5 Å². The topological polar surface area (TPSA) is 69.9 Å². The number of aromatic nitrogens is 1. The molecule has 2 heterocycles. The predicted octanol–water partition coefficient (Wildman–Crippen LogP) is 4.13. The van der Waals surface area contributed by atoms with Crippen molar-refractivity contribution >= 4 is 39.3 Å². The molecule has 1 atom stereocenters. The van der Waals surface area contributed by atoms with Gasteiger partial charge >= 0.3 is 5.97 Å². The van der Waals surface area contributed by atoms with Crippen molar-refractivity contribution in [3.63, 3.8) is 0 Å². The van der Waals surface area contributed by atoms with Crippen molar-refractivity contribution in [1.29, 1.82) is 0 Å². The first kappa shape index (κ1) is 23.9. The summed E-state index contributed by atoms with van der Waals surface area (Å²) in [5.74, 6) is 0.254. The number of thiazole rings is 1. The van der Waals surface area contributed by atoms with Crippen LogP contribution in [0.4, 0.5) is 0 Å². The van der Waals surface area contributed by atoms with Gasteiger partial charge in [-0.2, -0.15) is 0 Å². The standard InChI is InChI=1S/C26H23BrN2O4S/c1-4-14-33-20-12-6-17(7-13-20)15-21-24(30)29-23(18-8-10-19(27)11-9-18)22(25(31)32-5-2)16(3)28-26(29)34-21/h4,6-13,15,23H,1,5,14H2,2-3H3/t23-/m0/s1. The molecule has 0 aliphatic carbocycles. The Morgan fingerprint density at radius 2 is 1.91 bits per heavy atom. The molecular weight excluding hydrogens is 516 g/mol. The summed E-state index contributed by atoms with van der Waals surface area (Å²) < 4.78 is 13.9. The molecule has 3 aromatic rings. The molecule has 1 aliphatic heterocycles. The minimum atomic E-state index is -0.625. The Morgan fingerprint density at radius 3 is 2.56 bits per heavy atom. The normalized spacial score (nSPS) is 15.5. The maximum atomic E-state index is 13.6. The van der Waals surface area contributed by atoms with E-state index in [1.807, 2.05) is 54.6 Å². The van der Waals surface area contributed by atoms with Crippen LogP contribution in [-0.2, 0) is 9.53 Å². The number of halogens is 1. The van der Waals surface area contributed by atoms with Gasteiger partial charge < -0.3 is 9.47 Å². The van der Waals surface area contributed by atoms with Crippen LogP contribution >= 0.6 is 27.3 Å². The predicted molar refractivity (Wildman–Crippen MR) is 137 cm³/mol. The molecule has 0 unspecified atom stereocenters. The van der Waals surface area contributed by atoms with Crippen molar-refractivity contribution < 1.29 is 14.3 Å². The minimum Gasteiger partial charge on any atom is -0.490 e. The van der Waals surface area contributed by atoms with E-state index in [9.17, 15) is 9.59 Å². The van der Waals surface area contributed by atoms with Crippen molar-refractivity contribution in [2.24, 2.45) is 4.99 Å². The fourth-order valence-electron chi connectivity index (χ4n) is 3.72. The summed E-state index contributed by atoms with van der Waals surface area (Å²) in [7, 11) is 0. The van der Waals surface area contributed by atoms with Gasteiger partial charge in [0.1, 0.15) is 12.4 Å². The highest BCUT2D eigenvalue weighted by Crippen LogP contribution is 2.31. The van der Waals surface area contributed by atoms with Crippen LogP contribution in [0.25, 0.3) is 6.08 Å². The van der Waals surface area contributed by atoms with Crippen molar-refractivity contribution in [3.8, 4) is 5.75 Å². The molecular formula is C26H23BrN2O4S. The van der Waals surface area contributed by atoms with E-state index in [1.165, 1.54) is 11.3 Å². The van der Waals surface area contributed by atoms with Gasteiger partial charge in [0.25, 0.3) is 5.56 Å². The van der Waals surface area contributed by atoms with Gasteiger partial charge in [-0.15, -0.1) is 0 Å². The molecule has 0 amide bonds. The molecule has 0 fully saturated rings. The summed E-state index contributed by atoms with van der Waals surface area (Å²) in [6.45, 7) is 7.84. The molecule has 4 rings (SSSR count). The number of esters is 1. The lowest BCUT2D eigenvalue weighted by molar-refractivity contribution is -0.139. The van der Waals surface area contributed by atoms with Crippen LogP contribution in [0.5, 0.6) is 5.75 Å². The number of allylic oxidation sites excluding steroid dienone is 1. The number of carbonyl (C=O) groups excluding carboxylic acids is 1. The number of rotatable bonds is 7. The first-order chi connectivity index (χ1) is 16.4. The molecule has 8 heteroatoms. The van der Waals surface area contributed by atoms with Crippen molar-refractivity contribution in [1.82, 2.24) is 4.57 Å². The molecule has 1 aliphatic rings. The fourth-order valence-corrected chi connectivity index (χ4v) is 5.03. The second-order valence-electron chi connectivity index (χ2n) is 7.52. The average molecular weight is 539 g/mol. The highest BCUT2D eigenvalue weighted by Gasteiger charge is 2.33. The highest BCUT2D eigenvalue weighted by molar-refractivity contribution is 9.10. The summed E-state index contributed by atoms with van der Waals surface area (Å²) >= 11 is 4.74. The van der Waals surface area contributed by atoms with E-state index in [0.717, 1.165) is 21.3 Å². The third-order valence-electron chi connectivity index (χ3n) is 5.25. The van der Waals surface area contributed by atoms with Crippen LogP contribution in [0, 0.1) is 0 Å². The molecule has 6 nitrogen and oxygen atoms in total. The quantitative estimate of drug-likeness (QED) is 0.335. The zero-order valence-corrected chi connectivity index (χ0v) is 21.2. The first-order valence-corrected chi connectivity index (χ1v) is 12.3. The van der Waals surface area contributed by atoms with Gasteiger partial charge in [-0.05, 0) is 55.3 Å². The molecule has 0 saturated carbocycles. The third kappa shape index (κ3) is 4.83. The van der Waals surface area contributed by atoms with Gasteiger partial charge in [0.15, 0.2) is 4.80 Å². The van der Waals surface area contributed by atoms with Gasteiger partial charge in [-0.25, -0.2) is 9.79 Å². The minimum absolute atomic E-state index is 0.210. The summed E-state index contributed by atoms with van der Waals surface area (Å²) in [6.07, 6.45) is 3.51. The van der Waals surface area contributed by atoms with Gasteiger partial charge in [-0.1, -0.05) is 64.2 Å². The first-order valence-electron chi connectivity index (χ1n) is 10.7. The van der Waals surface area contributed by atoms with E-state index in [4.69, 9.17) is 9.47 Å². The summed E-state index contributed by atoms with van der Waals surface area (Å²) in [5.41, 5.74) is 2.36. The summed E-state index contributed by atoms with van der Waals surface area (Å²) in [5, 5.41) is 0. The van der Waals surface area contributed by atoms with E-state index in [-0.39, 0.29) is 12.2 Å². The Labute approximate surface area is 209 Å². The molecule has 0 radical (unpaired) electrons. The Balaban J connectivity index is 1.84. The maximum absolute atomic E-state index is 13.6. The van der Waals surface area contributed by atoms with Crippen LogP contribution in [-0.4, -0.2) is 23.8 Å². The molecule has 0 spiro atoms. The Hall–Kier alpha value is -3.23. The van der Waals surface area contributed by atoms with Crippen LogP contribution in [0.1, 0.15) is 31.0 Å². The van der Waals surface area contributed by atoms with E-state index < -0.39 is 12.0 Å². The molecule has 0 bridgehead atoms. The monoisotopic (exact) mass is 538 g/mol. The van der Waals surface area contributed by atoms with Crippen LogP contribution in [0.2, 0.25) is 0 Å². The lowest BCUT2D eigenvalue weighted by Crippen LogP contribution is -2.39. The van der Waals surface area contributed by atoms with Crippen molar-refractivity contribution in [2.75, 3.05) is 13.2 Å². The molecule has 174 valence electrons. The lowest BCUT2D eigenvalue weighted by Gasteiger charge is -2.24. The highest BCUT2D eigenvalue weighted by atomic mass is 79.9. The Morgan fingerprint density at radius 1 is 1.21 bits per heavy atom. The zero-order valence-electron chi connectivity index (χ0n) is 18.8. The number of ether oxygens (including phenoxy) is 2. The lowest BCUT2D eigenvalue weighted by atomic mass is 9.96. The summed E-state index contributed by atoms with van der Waals surface area (Å²) in [4.78, 5) is 31.6. The number of hydrogen-bond donors (Lipinski definition) is 0. The maximum Gasteiger partial charge on any atom is 0.338 e. The van der Waals surface area contributed by atoms with Gasteiger partial charge in [0.2, 0.25) is 0 Å². The second kappa shape index (κ2) is 10.4. The SMILES string of the molecule is C=CCOc1ccc(C=c2sc3n(c2=O)[C@@H](c2ccc(Br)cc2)C(C(=O)OCC)=C(C)N=3)cc1. The second-order valence-corrected chi connectivity index (χ2v) is 9.45. The van der Waals surface area contributed by atoms with Gasteiger partial charge in [0, 0.05) is 4.47 Å². The molecule has 0 N–H and O–H groups in total. The molecule has 2 aromatic carbocycles. The van der Waals surface area contributed by atoms with Gasteiger partial charge in [0.05, 0.1) is 28.5 Å². The number of benzene rings is 2. The molecule has 0 saturated heterocycles. The van der Waals surface area contributed by atoms with E-state index in [0.29, 0.717) is 27.2 Å². The molecule has 34 heavy (non-hydrogen) atoms. The molecule has 1 aromatic heterocycles. The summed E-state index contributed by atoms with van der Waals surface area (Å²) in [6, 6.07) is 14.4. The fraction of sp³-hybridized carbons (Fsp3) is 0.192. The van der Waals surface area contributed by atoms with E-state index >= 15 is 0 Å². The van der Waals surface area contributed by atoms with Crippen LogP contribution in [0.3, 0.4) is 0 Å². The number of fused-ring (bicyclic) bond motifs is 1. The Kier molecular flexibility index (Phi) is 7.29. The smallest absolute Gasteiger partial charge is 0.338 e. The number of carbonyl (C=O) groups is 1. The van der Waals surface area contributed by atoms with Gasteiger partial charge in [-0.3, -0.25) is 9.36 Å². The number of nitrogens with zero attached hydrogens (tertiary/aromatic N) is 2. The van der Waals surface area contributed by atoms with Crippen molar-refractivity contribution in [2.45, 2.75) is 19.9 Å². The van der Waals surface area contributed by atoms with Crippen molar-refractivity contribution in [3.05, 3.63) is 108 Å². The average Bonchev–Trinajstić information content (AvgIpc) is 3.12. The largest absolute Gasteiger partial charge is 0.490 e. The van der Waals surface area contributed by atoms with Crippen LogP contribution < -0.4 is 19.6 Å². The third-order valence-corrected chi connectivity index (χ3v) is 6.76.